The average molecular weight is 380 g/mol. The lowest BCUT2D eigenvalue weighted by Gasteiger charge is -2.39. The lowest BCUT2D eigenvalue weighted by molar-refractivity contribution is -0.138. The third kappa shape index (κ3) is 4.11. The second-order valence-electron chi connectivity index (χ2n) is 8.43. The van der Waals surface area contributed by atoms with Crippen molar-refractivity contribution in [1.82, 2.24) is 20.0 Å². The Labute approximate surface area is 161 Å². The summed E-state index contributed by atoms with van der Waals surface area (Å²) in [4.78, 5) is 43.3. The van der Waals surface area contributed by atoms with Gasteiger partial charge in [0.15, 0.2) is 0 Å². The van der Waals surface area contributed by atoms with Crippen LogP contribution in [0.3, 0.4) is 0 Å². The zero-order valence-electron chi connectivity index (χ0n) is 16.7. The summed E-state index contributed by atoms with van der Waals surface area (Å²) in [7, 11) is 1.50. The Hall–Kier alpha value is -1.67. The molecule has 0 saturated carbocycles. The largest absolute Gasteiger partial charge is 0.375 e. The molecule has 0 unspecified atom stereocenters. The van der Waals surface area contributed by atoms with E-state index in [0.29, 0.717) is 44.7 Å². The van der Waals surface area contributed by atoms with Crippen LogP contribution in [0.1, 0.15) is 39.5 Å². The molecule has 0 aliphatic carbocycles. The van der Waals surface area contributed by atoms with E-state index >= 15 is 0 Å². The summed E-state index contributed by atoms with van der Waals surface area (Å²) in [5, 5.41) is 3.00. The molecule has 0 bridgehead atoms. The van der Waals surface area contributed by atoms with Gasteiger partial charge in [-0.3, -0.25) is 14.5 Å². The van der Waals surface area contributed by atoms with Crippen molar-refractivity contribution in [3.05, 3.63) is 0 Å². The van der Waals surface area contributed by atoms with E-state index in [1.165, 1.54) is 12.0 Å². The second-order valence-corrected chi connectivity index (χ2v) is 8.43. The van der Waals surface area contributed by atoms with Gasteiger partial charge in [0.2, 0.25) is 5.91 Å². The molecule has 3 saturated heterocycles. The first kappa shape index (κ1) is 20.1. The summed E-state index contributed by atoms with van der Waals surface area (Å²) < 4.78 is 4.90. The van der Waals surface area contributed by atoms with Crippen LogP contribution in [-0.2, 0) is 14.3 Å². The van der Waals surface area contributed by atoms with Crippen LogP contribution in [0.4, 0.5) is 4.79 Å². The van der Waals surface area contributed by atoms with Crippen molar-refractivity contribution in [3.63, 3.8) is 0 Å². The van der Waals surface area contributed by atoms with Crippen LogP contribution in [0, 0.1) is 5.92 Å². The Morgan fingerprint density at radius 1 is 1.19 bits per heavy atom. The minimum absolute atomic E-state index is 0.0397. The quantitative estimate of drug-likeness (QED) is 0.709. The number of ether oxygens (including phenoxy) is 1. The first-order chi connectivity index (χ1) is 12.9. The number of urea groups is 1. The van der Waals surface area contributed by atoms with Crippen molar-refractivity contribution < 1.29 is 19.1 Å². The molecule has 1 N–H and O–H groups in total. The summed E-state index contributed by atoms with van der Waals surface area (Å²) >= 11 is 0. The summed E-state index contributed by atoms with van der Waals surface area (Å²) in [6.07, 6.45) is 2.60. The Kier molecular flexibility index (Phi) is 6.05. The van der Waals surface area contributed by atoms with E-state index in [0.717, 1.165) is 19.6 Å². The molecular formula is C19H32N4O4. The Morgan fingerprint density at radius 2 is 1.81 bits per heavy atom. The minimum atomic E-state index is -0.729. The summed E-state index contributed by atoms with van der Waals surface area (Å²) in [5.74, 6) is 0.482. The lowest BCUT2D eigenvalue weighted by atomic mass is 9.86. The van der Waals surface area contributed by atoms with Crippen molar-refractivity contribution in [2.24, 2.45) is 5.92 Å². The molecule has 0 aromatic carbocycles. The molecular weight excluding hydrogens is 348 g/mol. The third-order valence-electron chi connectivity index (χ3n) is 5.98. The number of piperidine rings is 2. The summed E-state index contributed by atoms with van der Waals surface area (Å²) in [5.41, 5.74) is -0.729. The predicted molar refractivity (Wildman–Crippen MR) is 100 cm³/mol. The molecule has 8 heteroatoms. The summed E-state index contributed by atoms with van der Waals surface area (Å²) in [6, 6.07) is -0.392. The fraction of sp³-hybridized carbons (Fsp3) is 0.842. The van der Waals surface area contributed by atoms with E-state index in [2.05, 4.69) is 24.1 Å². The Bertz CT molecular complexity index is 578. The van der Waals surface area contributed by atoms with Gasteiger partial charge < -0.3 is 19.9 Å². The number of carbonyl (C=O) groups is 3. The maximum absolute atomic E-state index is 13.2. The number of carbonyl (C=O) groups excluding carboxylic acids is 3. The number of methoxy groups -OCH3 is 1. The molecule has 8 nitrogen and oxygen atoms in total. The van der Waals surface area contributed by atoms with Crippen molar-refractivity contribution >= 4 is 17.8 Å². The van der Waals surface area contributed by atoms with Crippen LogP contribution in [-0.4, -0.2) is 90.6 Å². The molecule has 3 aliphatic heterocycles. The molecule has 3 heterocycles. The third-order valence-corrected chi connectivity index (χ3v) is 5.98. The van der Waals surface area contributed by atoms with Crippen molar-refractivity contribution in [2.75, 3.05) is 46.4 Å². The number of nitrogens with zero attached hydrogens (tertiary/aromatic N) is 3. The number of likely N-dealkylation sites (tertiary alicyclic amines) is 2. The maximum atomic E-state index is 13.2. The first-order valence-electron chi connectivity index (χ1n) is 10.0. The van der Waals surface area contributed by atoms with Crippen LogP contribution < -0.4 is 5.32 Å². The summed E-state index contributed by atoms with van der Waals surface area (Å²) in [6.45, 7) is 8.26. The molecule has 27 heavy (non-hydrogen) atoms. The Balaban J connectivity index is 1.58. The van der Waals surface area contributed by atoms with Crippen LogP contribution in [0.25, 0.3) is 0 Å². The van der Waals surface area contributed by atoms with E-state index in [-0.39, 0.29) is 30.5 Å². The van der Waals surface area contributed by atoms with Gasteiger partial charge in [-0.1, -0.05) is 13.8 Å². The number of hydrogen-bond acceptors (Lipinski definition) is 5. The van der Waals surface area contributed by atoms with Gasteiger partial charge in [-0.15, -0.1) is 0 Å². The standard InChI is InChI=1S/C19H32N4O4/c1-14(2)12-21-10-6-19(7-11-21)17(25)23(18(26)20-19)15-4-8-22(9-5-15)16(24)13-27-3/h14-15H,4-13H2,1-3H3,(H,20,26). The molecule has 152 valence electrons. The number of nitrogens with one attached hydrogen (secondary N) is 1. The van der Waals surface area contributed by atoms with E-state index < -0.39 is 5.54 Å². The molecule has 3 rings (SSSR count). The highest BCUT2D eigenvalue weighted by Crippen LogP contribution is 2.32. The molecule has 3 aliphatic rings. The van der Waals surface area contributed by atoms with E-state index in [9.17, 15) is 14.4 Å². The zero-order valence-corrected chi connectivity index (χ0v) is 16.7. The highest BCUT2D eigenvalue weighted by Gasteiger charge is 2.54. The monoisotopic (exact) mass is 380 g/mol. The van der Waals surface area contributed by atoms with Crippen molar-refractivity contribution in [3.8, 4) is 0 Å². The maximum Gasteiger partial charge on any atom is 0.325 e. The highest BCUT2D eigenvalue weighted by molar-refractivity contribution is 6.07. The van der Waals surface area contributed by atoms with Crippen LogP contribution in [0.15, 0.2) is 0 Å². The molecule has 4 amide bonds. The van der Waals surface area contributed by atoms with Gasteiger partial charge in [0, 0.05) is 45.9 Å². The normalized spacial score (nSPS) is 24.1. The smallest absolute Gasteiger partial charge is 0.325 e. The van der Waals surface area contributed by atoms with Crippen LogP contribution in [0.5, 0.6) is 0 Å². The molecule has 1 spiro atoms. The number of imide groups is 1. The predicted octanol–water partition coefficient (Wildman–Crippen LogP) is 0.666. The fourth-order valence-corrected chi connectivity index (χ4v) is 4.53. The fourth-order valence-electron chi connectivity index (χ4n) is 4.53. The molecule has 0 atom stereocenters. The molecule has 0 aromatic rings. The highest BCUT2D eigenvalue weighted by atomic mass is 16.5. The first-order valence-corrected chi connectivity index (χ1v) is 10.0. The van der Waals surface area contributed by atoms with Gasteiger partial charge in [0.05, 0.1) is 0 Å². The Morgan fingerprint density at radius 3 is 2.37 bits per heavy atom. The van der Waals surface area contributed by atoms with Crippen LogP contribution in [0.2, 0.25) is 0 Å². The number of rotatable bonds is 5. The number of amides is 4. The van der Waals surface area contributed by atoms with Gasteiger partial charge in [0.1, 0.15) is 12.1 Å². The SMILES string of the molecule is COCC(=O)N1CCC(N2C(=O)NC3(CCN(CC(C)C)CC3)C2=O)CC1. The molecule has 0 aromatic heterocycles. The van der Waals surface area contributed by atoms with Crippen LogP contribution >= 0.6 is 0 Å². The second kappa shape index (κ2) is 8.14. The van der Waals surface area contributed by atoms with E-state index in [1.54, 1.807) is 4.90 Å². The van der Waals surface area contributed by atoms with Crippen molar-refractivity contribution in [1.29, 1.82) is 0 Å². The molecule has 3 fully saturated rings. The zero-order chi connectivity index (χ0) is 19.6. The van der Waals surface area contributed by atoms with E-state index in [4.69, 9.17) is 4.74 Å². The van der Waals surface area contributed by atoms with E-state index in [1.807, 2.05) is 0 Å². The number of hydrogen-bond donors (Lipinski definition) is 1. The lowest BCUT2D eigenvalue weighted by Crippen LogP contribution is -2.56. The van der Waals surface area contributed by atoms with Gasteiger partial charge in [0.25, 0.3) is 5.91 Å². The van der Waals surface area contributed by atoms with Gasteiger partial charge in [-0.2, -0.15) is 0 Å². The molecule has 0 radical (unpaired) electrons. The average Bonchev–Trinajstić information content (AvgIpc) is 2.87. The van der Waals surface area contributed by atoms with Gasteiger partial charge in [-0.25, -0.2) is 4.79 Å². The van der Waals surface area contributed by atoms with Crippen molar-refractivity contribution in [2.45, 2.75) is 51.1 Å². The van der Waals surface area contributed by atoms with Gasteiger partial charge in [-0.05, 0) is 31.6 Å². The minimum Gasteiger partial charge on any atom is -0.375 e. The van der Waals surface area contributed by atoms with Gasteiger partial charge >= 0.3 is 6.03 Å². The topological polar surface area (TPSA) is 82.2 Å².